The predicted molar refractivity (Wildman–Crippen MR) is 66.4 cm³/mol. The van der Waals surface area contributed by atoms with E-state index in [9.17, 15) is 4.79 Å². The highest BCUT2D eigenvalue weighted by Crippen LogP contribution is 2.02. The number of carbonyl (C=O) groups is 1. The predicted octanol–water partition coefficient (Wildman–Crippen LogP) is 2.53. The van der Waals surface area contributed by atoms with Crippen molar-refractivity contribution in [3.8, 4) is 6.07 Å². The Morgan fingerprint density at radius 3 is 2.67 bits per heavy atom. The van der Waals surface area contributed by atoms with E-state index in [2.05, 4.69) is 4.89 Å². The first-order valence-electron chi connectivity index (χ1n) is 6.21. The minimum Gasteiger partial charge on any atom is -0.376 e. The molecule has 0 aliphatic carbocycles. The van der Waals surface area contributed by atoms with Gasteiger partial charge in [0.25, 0.3) is 0 Å². The molecule has 0 saturated carbocycles. The molecule has 0 N–H and O–H groups in total. The quantitative estimate of drug-likeness (QED) is 0.274. The Balaban J connectivity index is 3.92. The minimum absolute atomic E-state index is 0.0287. The zero-order chi connectivity index (χ0) is 13.8. The van der Waals surface area contributed by atoms with Crippen LogP contribution in [-0.4, -0.2) is 25.3 Å². The van der Waals surface area contributed by atoms with Gasteiger partial charge >= 0.3 is 5.97 Å². The van der Waals surface area contributed by atoms with Crippen LogP contribution in [0.3, 0.4) is 0 Å². The van der Waals surface area contributed by atoms with Crippen LogP contribution in [0.1, 0.15) is 40.0 Å². The van der Waals surface area contributed by atoms with Crippen LogP contribution < -0.4 is 0 Å². The number of hydrogen-bond acceptors (Lipinski definition) is 5. The highest BCUT2D eigenvalue weighted by atomic mass is 17.2. The molecule has 5 heteroatoms. The normalized spacial score (nSPS) is 12.9. The van der Waals surface area contributed by atoms with E-state index in [1.807, 2.05) is 20.8 Å². The van der Waals surface area contributed by atoms with Gasteiger partial charge in [0, 0.05) is 6.61 Å². The van der Waals surface area contributed by atoms with Crippen molar-refractivity contribution in [2.75, 3.05) is 13.2 Å². The molecule has 0 radical (unpaired) electrons. The zero-order valence-electron chi connectivity index (χ0n) is 11.3. The Bertz CT molecular complexity index is 307. The largest absolute Gasteiger partial charge is 0.383 e. The Kier molecular flexibility index (Phi) is 9.93. The molecule has 0 aliphatic heterocycles. The van der Waals surface area contributed by atoms with Crippen molar-refractivity contribution >= 4 is 5.97 Å². The van der Waals surface area contributed by atoms with E-state index in [1.165, 1.54) is 0 Å². The molecule has 1 atom stereocenters. The summed E-state index contributed by atoms with van der Waals surface area (Å²) in [7, 11) is 0. The lowest BCUT2D eigenvalue weighted by Gasteiger charge is -2.11. The first kappa shape index (κ1) is 16.6. The molecule has 0 heterocycles. The number of unbranched alkanes of at least 4 members (excludes halogenated alkanes) is 1. The molecule has 0 aliphatic rings. The molecular formula is C13H21NO4. The number of nitriles is 1. The third kappa shape index (κ3) is 7.82. The van der Waals surface area contributed by atoms with Crippen LogP contribution in [0.2, 0.25) is 0 Å². The molecule has 0 aromatic carbocycles. The third-order valence-electron chi connectivity index (χ3n) is 2.02. The van der Waals surface area contributed by atoms with Crippen molar-refractivity contribution in [2.45, 2.75) is 46.1 Å². The molecule has 0 spiro atoms. The summed E-state index contributed by atoms with van der Waals surface area (Å²) in [6.07, 6.45) is 3.84. The molecule has 0 aromatic rings. The molecule has 0 rings (SSSR count). The molecule has 0 fully saturated rings. The number of allylic oxidation sites excluding steroid dienone is 1. The lowest BCUT2D eigenvalue weighted by Crippen LogP contribution is -2.18. The van der Waals surface area contributed by atoms with Gasteiger partial charge in [-0.25, -0.2) is 4.79 Å². The zero-order valence-corrected chi connectivity index (χ0v) is 11.3. The lowest BCUT2D eigenvalue weighted by molar-refractivity contribution is -0.278. The topological polar surface area (TPSA) is 68.6 Å². The second-order valence-electron chi connectivity index (χ2n) is 3.85. The maximum absolute atomic E-state index is 11.4. The van der Waals surface area contributed by atoms with Gasteiger partial charge in [0.2, 0.25) is 0 Å². The highest BCUT2D eigenvalue weighted by molar-refractivity contribution is 5.92. The van der Waals surface area contributed by atoms with E-state index in [-0.39, 0.29) is 18.3 Å². The van der Waals surface area contributed by atoms with Crippen molar-refractivity contribution < 1.29 is 19.3 Å². The maximum Gasteiger partial charge on any atom is 0.383 e. The molecule has 0 amide bonds. The van der Waals surface area contributed by atoms with Crippen LogP contribution in [0.15, 0.2) is 11.6 Å². The number of carbonyl (C=O) groups excluding carboxylic acids is 1. The second-order valence-corrected chi connectivity index (χ2v) is 3.85. The Morgan fingerprint density at radius 1 is 1.39 bits per heavy atom. The van der Waals surface area contributed by atoms with E-state index in [0.29, 0.717) is 13.0 Å². The van der Waals surface area contributed by atoms with Crippen LogP contribution in [0.4, 0.5) is 0 Å². The summed E-state index contributed by atoms with van der Waals surface area (Å²) < 4.78 is 5.33. The fourth-order valence-corrected chi connectivity index (χ4v) is 1.06. The van der Waals surface area contributed by atoms with Gasteiger partial charge in [-0.1, -0.05) is 26.3 Å². The van der Waals surface area contributed by atoms with Gasteiger partial charge in [-0.15, -0.1) is 0 Å². The van der Waals surface area contributed by atoms with Gasteiger partial charge < -0.3 is 4.74 Å². The first-order valence-corrected chi connectivity index (χ1v) is 6.21. The number of ether oxygens (including phenoxy) is 1. The molecule has 0 bridgehead atoms. The average molecular weight is 255 g/mol. The van der Waals surface area contributed by atoms with Gasteiger partial charge in [-0.3, -0.25) is 4.89 Å². The van der Waals surface area contributed by atoms with Crippen molar-refractivity contribution in [3.63, 3.8) is 0 Å². The molecule has 0 aromatic heterocycles. The fourth-order valence-electron chi connectivity index (χ4n) is 1.06. The van der Waals surface area contributed by atoms with Crippen molar-refractivity contribution in [1.29, 1.82) is 5.26 Å². The van der Waals surface area contributed by atoms with E-state index in [0.717, 1.165) is 12.8 Å². The summed E-state index contributed by atoms with van der Waals surface area (Å²) in [5.41, 5.74) is -0.0287. The highest BCUT2D eigenvalue weighted by Gasteiger charge is 2.12. The summed E-state index contributed by atoms with van der Waals surface area (Å²) in [5.74, 6) is -0.756. The van der Waals surface area contributed by atoms with Crippen LogP contribution in [0.25, 0.3) is 0 Å². The molecular weight excluding hydrogens is 234 g/mol. The smallest absolute Gasteiger partial charge is 0.376 e. The van der Waals surface area contributed by atoms with E-state index < -0.39 is 5.97 Å². The van der Waals surface area contributed by atoms with Gasteiger partial charge in [-0.2, -0.15) is 10.1 Å². The number of rotatable bonds is 9. The van der Waals surface area contributed by atoms with E-state index in [4.69, 9.17) is 14.9 Å². The monoisotopic (exact) mass is 255 g/mol. The summed E-state index contributed by atoms with van der Waals surface area (Å²) in [4.78, 5) is 20.7. The van der Waals surface area contributed by atoms with E-state index in [1.54, 1.807) is 12.1 Å². The molecule has 0 saturated heterocycles. The number of nitrogens with zero attached hydrogens (tertiary/aromatic N) is 1. The first-order chi connectivity index (χ1) is 8.65. The van der Waals surface area contributed by atoms with Crippen LogP contribution in [0, 0.1) is 11.3 Å². The van der Waals surface area contributed by atoms with Crippen molar-refractivity contribution in [2.24, 2.45) is 0 Å². The maximum atomic E-state index is 11.4. The molecule has 1 unspecified atom stereocenters. The van der Waals surface area contributed by atoms with Crippen LogP contribution in [0.5, 0.6) is 0 Å². The van der Waals surface area contributed by atoms with Gasteiger partial charge in [0.15, 0.2) is 0 Å². The summed E-state index contributed by atoms with van der Waals surface area (Å²) >= 11 is 0. The van der Waals surface area contributed by atoms with E-state index >= 15 is 0 Å². The van der Waals surface area contributed by atoms with Gasteiger partial charge in [0.05, 0.1) is 6.10 Å². The Morgan fingerprint density at radius 2 is 2.11 bits per heavy atom. The Hall–Kier alpha value is -1.38. The average Bonchev–Trinajstić information content (AvgIpc) is 2.37. The summed E-state index contributed by atoms with van der Waals surface area (Å²) in [6, 6.07) is 1.78. The van der Waals surface area contributed by atoms with Crippen molar-refractivity contribution in [3.05, 3.63) is 11.6 Å². The SMILES string of the molecule is CCCC=C(C#N)C(=O)OOCC(C)OCCC. The van der Waals surface area contributed by atoms with Gasteiger partial charge in [0.1, 0.15) is 18.2 Å². The summed E-state index contributed by atoms with van der Waals surface area (Å²) in [6.45, 7) is 6.57. The minimum atomic E-state index is -0.756. The van der Waals surface area contributed by atoms with Crippen LogP contribution in [-0.2, 0) is 19.3 Å². The fraction of sp³-hybridized carbons (Fsp3) is 0.692. The summed E-state index contributed by atoms with van der Waals surface area (Å²) in [5, 5.41) is 8.75. The molecule has 102 valence electrons. The van der Waals surface area contributed by atoms with Crippen LogP contribution >= 0.6 is 0 Å². The molecule has 18 heavy (non-hydrogen) atoms. The van der Waals surface area contributed by atoms with Crippen molar-refractivity contribution in [1.82, 2.24) is 0 Å². The Labute approximate surface area is 108 Å². The lowest BCUT2D eigenvalue weighted by atomic mass is 10.2. The second kappa shape index (κ2) is 10.8. The third-order valence-corrected chi connectivity index (χ3v) is 2.02. The number of hydrogen-bond donors (Lipinski definition) is 0. The molecule has 5 nitrogen and oxygen atoms in total. The van der Waals surface area contributed by atoms with Gasteiger partial charge in [-0.05, 0) is 19.8 Å². The standard InChI is InChI=1S/C13H21NO4/c1-4-6-7-12(9-14)13(15)18-17-10-11(3)16-8-5-2/h7,11H,4-6,8,10H2,1-3H3.